The van der Waals surface area contributed by atoms with Gasteiger partial charge in [-0.3, -0.25) is 23.7 Å². The van der Waals surface area contributed by atoms with E-state index in [4.69, 9.17) is 38.1 Å². The molecule has 5 aromatic carbocycles. The highest BCUT2D eigenvalue weighted by Crippen LogP contribution is 2.49. The van der Waals surface area contributed by atoms with Crippen molar-refractivity contribution in [2.75, 3.05) is 81.4 Å². The Morgan fingerprint density at radius 2 is 0.738 bits per heavy atom. The zero-order chi connectivity index (χ0) is 76.8. The number of ketones is 2. The van der Waals surface area contributed by atoms with Crippen molar-refractivity contribution in [3.05, 3.63) is 190 Å². The summed E-state index contributed by atoms with van der Waals surface area (Å²) in [5, 5.41) is 19.6. The number of methoxy groups -OCH3 is 3. The molecular formula is C81H109O21P. The summed E-state index contributed by atoms with van der Waals surface area (Å²) in [5.41, 5.74) is 12.8. The highest BCUT2D eigenvalue weighted by Gasteiger charge is 2.47. The van der Waals surface area contributed by atoms with E-state index in [0.29, 0.717) is 44.0 Å². The van der Waals surface area contributed by atoms with Crippen LogP contribution in [0.1, 0.15) is 172 Å². The maximum Gasteiger partial charge on any atom is 0.373 e. The molecule has 2 N–H and O–H groups in total. The second kappa shape index (κ2) is 44.8. The van der Waals surface area contributed by atoms with Gasteiger partial charge in [0.2, 0.25) is 0 Å². The molecule has 0 radical (unpaired) electrons. The minimum absolute atomic E-state index is 0.117. The monoisotopic (exact) mass is 1450 g/mol. The fraction of sp³-hybridized carbons (Fsp3) is 0.519. The van der Waals surface area contributed by atoms with Gasteiger partial charge in [0.25, 0.3) is 0 Å². The molecule has 564 valence electrons. The molecule has 0 bridgehead atoms. The van der Waals surface area contributed by atoms with Gasteiger partial charge < -0.3 is 52.4 Å². The number of aryl methyl sites for hydroxylation is 5. The quantitative estimate of drug-likeness (QED) is 0.0479. The van der Waals surface area contributed by atoms with E-state index in [9.17, 15) is 38.8 Å². The number of hydrogen-bond acceptors (Lipinski definition) is 21. The summed E-state index contributed by atoms with van der Waals surface area (Å²) in [4.78, 5) is 86.3. The number of carbonyl (C=O) groups excluding carboxylic acids is 9. The lowest BCUT2D eigenvalue weighted by Crippen LogP contribution is -2.44. The summed E-state index contributed by atoms with van der Waals surface area (Å²) >= 11 is 0. The molecule has 4 aliphatic carbocycles. The topological polar surface area (TPSA) is 294 Å². The molecule has 21 nitrogen and oxygen atoms in total. The maximum absolute atomic E-state index is 11.3. The van der Waals surface area contributed by atoms with Crippen molar-refractivity contribution in [1.82, 2.24) is 0 Å². The van der Waals surface area contributed by atoms with Crippen LogP contribution in [-0.2, 0) is 118 Å². The van der Waals surface area contributed by atoms with Gasteiger partial charge in [0.05, 0.1) is 67.4 Å². The molecule has 0 unspecified atom stereocenters. The Morgan fingerprint density at radius 1 is 0.447 bits per heavy atom. The first kappa shape index (κ1) is 89.5. The third kappa shape index (κ3) is 29.4. The second-order valence-electron chi connectivity index (χ2n) is 27.1. The summed E-state index contributed by atoms with van der Waals surface area (Å²) in [5.74, 6) is -1.05. The number of ether oxygens (including phenoxy) is 7. The van der Waals surface area contributed by atoms with Gasteiger partial charge in [0, 0.05) is 82.5 Å². The number of rotatable bonds is 13. The maximum atomic E-state index is 11.3. The molecule has 0 amide bonds. The lowest BCUT2D eigenvalue weighted by Gasteiger charge is -2.43. The fourth-order valence-corrected chi connectivity index (χ4v) is 13.6. The van der Waals surface area contributed by atoms with Crippen LogP contribution in [0.4, 0.5) is 0 Å². The number of aliphatic hydroxyl groups is 2. The molecule has 5 aromatic rings. The van der Waals surface area contributed by atoms with Crippen LogP contribution in [-0.4, -0.2) is 145 Å². The van der Waals surface area contributed by atoms with E-state index in [1.54, 1.807) is 0 Å². The van der Waals surface area contributed by atoms with Crippen LogP contribution in [0.5, 0.6) is 0 Å². The van der Waals surface area contributed by atoms with E-state index >= 15 is 0 Å². The first-order chi connectivity index (χ1) is 49.0. The third-order valence-corrected chi connectivity index (χ3v) is 21.7. The van der Waals surface area contributed by atoms with Crippen LogP contribution >= 0.6 is 7.60 Å². The summed E-state index contributed by atoms with van der Waals surface area (Å²) in [7, 11) is 3.12. The van der Waals surface area contributed by atoms with Gasteiger partial charge in [-0.25, -0.2) is 4.79 Å². The van der Waals surface area contributed by atoms with Crippen LogP contribution in [0.15, 0.2) is 134 Å². The fourth-order valence-electron chi connectivity index (χ4n) is 12.8. The first-order valence-corrected chi connectivity index (χ1v) is 36.4. The highest BCUT2D eigenvalue weighted by molar-refractivity contribution is 7.54. The van der Waals surface area contributed by atoms with Crippen molar-refractivity contribution in [1.29, 1.82) is 0 Å². The number of Topliss-reactive ketones (excluding diaryl/α,β-unsaturated/α-hetero) is 2. The van der Waals surface area contributed by atoms with Gasteiger partial charge >= 0.3 is 37.8 Å². The van der Waals surface area contributed by atoms with E-state index in [1.807, 2.05) is 31.2 Å². The van der Waals surface area contributed by atoms with E-state index in [2.05, 4.69) is 168 Å². The van der Waals surface area contributed by atoms with Crippen LogP contribution < -0.4 is 0 Å². The Balaban J connectivity index is 0.000000314. The Kier molecular flexibility index (Phi) is 38.9. The average molecular weight is 1450 g/mol. The summed E-state index contributed by atoms with van der Waals surface area (Å²) in [6, 6.07) is 42.5. The lowest BCUT2D eigenvalue weighted by atomic mass is 9.68. The Hall–Kier alpha value is -7.74. The molecule has 22 heteroatoms. The van der Waals surface area contributed by atoms with Gasteiger partial charge in [-0.15, -0.1) is 0 Å². The SMILES string of the molecule is C=CC(=O)OC.COC(=O)CP(=O)(OC)OC.COC(=O)Cc1ccc(C)cc1.Cc1ccc(C2(C)CCC(=O)CC2)cc1.Cc1ccc(C2(C)CCC3(CC2)OCCO3)cc1.Cc1ccc(C2(CO)CCC(=O)CC2)cc1.Cc1ccc(C2(CO)CCC3(CC2)OCCO3)cc1.O=C=O.O=C=O. The summed E-state index contributed by atoms with van der Waals surface area (Å²) in [6.45, 7) is 21.5. The van der Waals surface area contributed by atoms with Crippen molar-refractivity contribution in [3.63, 3.8) is 0 Å². The minimum atomic E-state index is -3.23. The predicted octanol–water partition coefficient (Wildman–Crippen LogP) is 13.4. The van der Waals surface area contributed by atoms with Gasteiger partial charge in [-0.2, -0.15) is 19.2 Å². The number of carbonyl (C=O) groups is 5. The second-order valence-corrected chi connectivity index (χ2v) is 29.4. The van der Waals surface area contributed by atoms with E-state index in [-0.39, 0.29) is 70.9 Å². The molecule has 2 aliphatic heterocycles. The smallest absolute Gasteiger partial charge is 0.373 e. The Bertz CT molecular complexity index is 3440. The molecule has 0 aromatic heterocycles. The lowest BCUT2D eigenvalue weighted by molar-refractivity contribution is -0.193. The average Bonchev–Trinajstić information content (AvgIpc) is 0.985. The van der Waals surface area contributed by atoms with Gasteiger partial charge in [-0.1, -0.05) is 170 Å². The molecule has 2 saturated heterocycles. The number of benzene rings is 5. The van der Waals surface area contributed by atoms with Crippen molar-refractivity contribution >= 4 is 49.4 Å². The van der Waals surface area contributed by atoms with Crippen molar-refractivity contribution in [2.45, 2.75) is 191 Å². The molecule has 4 saturated carbocycles. The minimum Gasteiger partial charge on any atom is -0.469 e. The normalized spacial score (nSPS) is 18.8. The molecule has 6 aliphatic rings. The number of hydrogen-bond donors (Lipinski definition) is 2. The third-order valence-electron chi connectivity index (χ3n) is 20.0. The van der Waals surface area contributed by atoms with Crippen LogP contribution in [0.25, 0.3) is 0 Å². The van der Waals surface area contributed by atoms with E-state index < -0.39 is 19.5 Å². The van der Waals surface area contributed by atoms with Crippen LogP contribution in [0, 0.1) is 34.6 Å². The zero-order valence-electron chi connectivity index (χ0n) is 62.4. The van der Waals surface area contributed by atoms with Crippen molar-refractivity contribution in [2.24, 2.45) is 0 Å². The predicted molar refractivity (Wildman–Crippen MR) is 388 cm³/mol. The molecule has 11 rings (SSSR count). The molecular weight excluding hydrogens is 1340 g/mol. The molecule has 2 spiro atoms. The van der Waals surface area contributed by atoms with Crippen molar-refractivity contribution < 1.29 is 100 Å². The summed E-state index contributed by atoms with van der Waals surface area (Å²) in [6.07, 6.45) is 15.9. The van der Waals surface area contributed by atoms with E-state index in [1.165, 1.54) is 85.6 Å². The summed E-state index contributed by atoms with van der Waals surface area (Å²) < 4.78 is 56.3. The molecule has 6 fully saturated rings. The number of esters is 3. The molecule has 2 heterocycles. The van der Waals surface area contributed by atoms with Crippen LogP contribution in [0.3, 0.4) is 0 Å². The van der Waals surface area contributed by atoms with Crippen molar-refractivity contribution in [3.8, 4) is 0 Å². The molecule has 103 heavy (non-hydrogen) atoms. The van der Waals surface area contributed by atoms with Crippen LogP contribution in [0.2, 0.25) is 0 Å². The Morgan fingerprint density at radius 3 is 1.03 bits per heavy atom. The van der Waals surface area contributed by atoms with Gasteiger partial charge in [0.1, 0.15) is 17.7 Å². The zero-order valence-corrected chi connectivity index (χ0v) is 63.3. The highest BCUT2D eigenvalue weighted by atomic mass is 31.2. The standard InChI is InChI=1S/C16H22O3.C16H22O2.C14H18O2.C14H18O.C10H12O2.C5H11O5P.C4H6O2.2CO2/c1-13-2-4-14(5-3-13)15(12-17)6-8-16(9-7-15)18-10-11-19-16;1-13-3-5-14(6-4-13)15(2)7-9-16(10-8-15)17-11-12-18-16;1-11-2-4-12(5-3-11)14(10-15)8-6-13(16)7-9-14;1-11-3-5-12(6-4-11)14(2)9-7-13(15)8-10-14;1-8-3-5-9(6-4-8)7-10(11)12-2;1-8-5(6)4-11(7,9-2)10-3;1-3-4(5)6-2;2*2-1-3/h2-5,17H,6-12H2,1H3;3-6H,7-12H2,1-2H3;2-5,15H,6-10H2,1H3;3-6H,7-10H2,1-2H3;3-6H,7H2,1-2H3;4H2,1-3H3;3H,1H2,2H3;;. The van der Waals surface area contributed by atoms with Gasteiger partial charge in [-0.05, 0) is 125 Å². The molecule has 0 atom stereocenters. The largest absolute Gasteiger partial charge is 0.469 e. The number of aliphatic hydroxyl groups excluding tert-OH is 2. The van der Waals surface area contributed by atoms with Gasteiger partial charge in [0.15, 0.2) is 11.6 Å². The van der Waals surface area contributed by atoms with E-state index in [0.717, 1.165) is 115 Å². The Labute approximate surface area is 608 Å². The first-order valence-electron chi connectivity index (χ1n) is 34.7.